The molecule has 0 aliphatic carbocycles. The Morgan fingerprint density at radius 2 is 0.633 bits per heavy atom. The van der Waals surface area contributed by atoms with Crippen LogP contribution in [0.1, 0.15) is 298 Å². The maximum atomic E-state index is 12.8. The molecule has 2 atom stereocenters. The summed E-state index contributed by atoms with van der Waals surface area (Å²) in [4.78, 5) is 37.7. The predicted molar refractivity (Wildman–Crippen MR) is 256 cm³/mol. The number of carbonyl (C=O) groups is 3. The van der Waals surface area contributed by atoms with Crippen molar-refractivity contribution in [3.8, 4) is 0 Å². The zero-order valence-electron chi connectivity index (χ0n) is 41.1. The van der Waals surface area contributed by atoms with E-state index in [9.17, 15) is 14.4 Å². The summed E-state index contributed by atoms with van der Waals surface area (Å²) in [5.41, 5.74) is 0. The second-order valence-corrected chi connectivity index (χ2v) is 19.2. The molecular formula is C54H104O6. The fourth-order valence-electron chi connectivity index (χ4n) is 8.13. The van der Waals surface area contributed by atoms with Crippen LogP contribution >= 0.6 is 0 Å². The van der Waals surface area contributed by atoms with Gasteiger partial charge in [-0.3, -0.25) is 14.4 Å². The van der Waals surface area contributed by atoms with E-state index < -0.39 is 6.10 Å². The smallest absolute Gasteiger partial charge is 0.306 e. The van der Waals surface area contributed by atoms with Crippen LogP contribution in [0.4, 0.5) is 0 Å². The molecule has 6 nitrogen and oxygen atoms in total. The summed E-state index contributed by atoms with van der Waals surface area (Å²) in [6.07, 6.45) is 48.4. The molecule has 0 aromatic rings. The Morgan fingerprint density at radius 1 is 0.350 bits per heavy atom. The number of esters is 3. The summed E-state index contributed by atoms with van der Waals surface area (Å²) in [5.74, 6) is 0.882. The zero-order valence-corrected chi connectivity index (χ0v) is 41.1. The summed E-state index contributed by atoms with van der Waals surface area (Å²) < 4.78 is 16.7. The van der Waals surface area contributed by atoms with Crippen LogP contribution in [0.3, 0.4) is 0 Å². The topological polar surface area (TPSA) is 78.9 Å². The SMILES string of the molecule is CCCCCCCC(=O)OC[C@H](COC(=O)CCCCCCCCCCCCCCC(C)C)OC(=O)CCCCCCCCCCCCCCCCCCCCC(C)CC. The third kappa shape index (κ3) is 45.9. The molecule has 0 aliphatic rings. The Kier molecular flexibility index (Phi) is 45.7. The van der Waals surface area contributed by atoms with Gasteiger partial charge in [-0.05, 0) is 31.1 Å². The van der Waals surface area contributed by atoms with Crippen molar-refractivity contribution in [1.29, 1.82) is 0 Å². The molecule has 0 aliphatic heterocycles. The normalized spacial score (nSPS) is 12.5. The fraction of sp³-hybridized carbons (Fsp3) is 0.944. The van der Waals surface area contributed by atoms with Gasteiger partial charge in [0.1, 0.15) is 13.2 Å². The van der Waals surface area contributed by atoms with Crippen molar-refractivity contribution in [1.82, 2.24) is 0 Å². The Labute approximate surface area is 374 Å². The summed E-state index contributed by atoms with van der Waals surface area (Å²) >= 11 is 0. The average Bonchev–Trinajstić information content (AvgIpc) is 3.23. The molecule has 356 valence electrons. The molecule has 0 radical (unpaired) electrons. The molecule has 0 heterocycles. The highest BCUT2D eigenvalue weighted by Crippen LogP contribution is 2.18. The van der Waals surface area contributed by atoms with E-state index in [1.165, 1.54) is 180 Å². The molecule has 0 aromatic heterocycles. The first-order valence-electron chi connectivity index (χ1n) is 26.8. The van der Waals surface area contributed by atoms with Crippen LogP contribution in [-0.2, 0) is 28.6 Å². The number of rotatable bonds is 48. The first kappa shape index (κ1) is 58.4. The van der Waals surface area contributed by atoms with E-state index in [0.717, 1.165) is 76.0 Å². The second-order valence-electron chi connectivity index (χ2n) is 19.2. The van der Waals surface area contributed by atoms with Gasteiger partial charge in [0.05, 0.1) is 0 Å². The van der Waals surface area contributed by atoms with Crippen molar-refractivity contribution >= 4 is 17.9 Å². The lowest BCUT2D eigenvalue weighted by Gasteiger charge is -2.18. The Morgan fingerprint density at radius 3 is 0.950 bits per heavy atom. The summed E-state index contributed by atoms with van der Waals surface area (Å²) in [6, 6.07) is 0. The van der Waals surface area contributed by atoms with E-state index in [2.05, 4.69) is 34.6 Å². The summed E-state index contributed by atoms with van der Waals surface area (Å²) in [6.45, 7) is 11.4. The average molecular weight is 849 g/mol. The molecule has 0 spiro atoms. The van der Waals surface area contributed by atoms with Gasteiger partial charge in [-0.15, -0.1) is 0 Å². The van der Waals surface area contributed by atoms with Gasteiger partial charge in [0.2, 0.25) is 0 Å². The minimum absolute atomic E-state index is 0.0646. The number of hydrogen-bond donors (Lipinski definition) is 0. The van der Waals surface area contributed by atoms with E-state index in [-0.39, 0.29) is 31.1 Å². The number of hydrogen-bond acceptors (Lipinski definition) is 6. The van der Waals surface area contributed by atoms with Crippen LogP contribution < -0.4 is 0 Å². The van der Waals surface area contributed by atoms with E-state index in [1.807, 2.05) is 0 Å². The molecule has 1 unspecified atom stereocenters. The lowest BCUT2D eigenvalue weighted by molar-refractivity contribution is -0.167. The summed E-state index contributed by atoms with van der Waals surface area (Å²) in [7, 11) is 0. The van der Waals surface area contributed by atoms with Gasteiger partial charge in [0.15, 0.2) is 6.10 Å². The Balaban J connectivity index is 4.06. The lowest BCUT2D eigenvalue weighted by Crippen LogP contribution is -2.30. The van der Waals surface area contributed by atoms with E-state index in [4.69, 9.17) is 14.2 Å². The van der Waals surface area contributed by atoms with E-state index in [0.29, 0.717) is 19.3 Å². The minimum Gasteiger partial charge on any atom is -0.462 e. The molecular weight excluding hydrogens is 745 g/mol. The first-order valence-corrected chi connectivity index (χ1v) is 26.8. The Hall–Kier alpha value is -1.59. The van der Waals surface area contributed by atoms with Crippen molar-refractivity contribution in [3.63, 3.8) is 0 Å². The monoisotopic (exact) mass is 849 g/mol. The molecule has 0 aromatic carbocycles. The van der Waals surface area contributed by atoms with Crippen LogP contribution in [0.15, 0.2) is 0 Å². The van der Waals surface area contributed by atoms with Crippen molar-refractivity contribution in [2.75, 3.05) is 13.2 Å². The van der Waals surface area contributed by atoms with Gasteiger partial charge >= 0.3 is 17.9 Å². The third-order valence-electron chi connectivity index (χ3n) is 12.6. The highest BCUT2D eigenvalue weighted by molar-refractivity contribution is 5.71. The van der Waals surface area contributed by atoms with Crippen LogP contribution in [0, 0.1) is 11.8 Å². The Bertz CT molecular complexity index is 918. The molecule has 0 bridgehead atoms. The predicted octanol–water partition coefficient (Wildman–Crippen LogP) is 17.3. The van der Waals surface area contributed by atoms with Crippen LogP contribution in [-0.4, -0.2) is 37.2 Å². The van der Waals surface area contributed by atoms with Crippen LogP contribution in [0.5, 0.6) is 0 Å². The fourth-order valence-corrected chi connectivity index (χ4v) is 8.13. The standard InChI is InChI=1S/C54H104O6/c1-6-8-9-32-39-44-52(55)58-47-51(48-59-53(56)45-40-35-30-26-22-19-18-20-24-28-33-37-42-49(3)4)60-54(57)46-41-36-31-27-23-17-15-13-11-10-12-14-16-21-25-29-34-38-43-50(5)7-2/h49-51H,6-48H2,1-5H3/t50?,51-/m1/s1. The van der Waals surface area contributed by atoms with Gasteiger partial charge in [0.25, 0.3) is 0 Å². The molecule has 6 heteroatoms. The minimum atomic E-state index is -0.760. The van der Waals surface area contributed by atoms with E-state index in [1.54, 1.807) is 0 Å². The molecule has 0 N–H and O–H groups in total. The van der Waals surface area contributed by atoms with Crippen LogP contribution in [0.2, 0.25) is 0 Å². The largest absolute Gasteiger partial charge is 0.462 e. The van der Waals surface area contributed by atoms with Gasteiger partial charge in [-0.25, -0.2) is 0 Å². The van der Waals surface area contributed by atoms with Gasteiger partial charge in [-0.1, -0.05) is 259 Å². The molecule has 60 heavy (non-hydrogen) atoms. The molecule has 0 saturated heterocycles. The zero-order chi connectivity index (χ0) is 44.0. The van der Waals surface area contributed by atoms with Gasteiger partial charge < -0.3 is 14.2 Å². The maximum Gasteiger partial charge on any atom is 0.306 e. The third-order valence-corrected chi connectivity index (χ3v) is 12.6. The first-order chi connectivity index (χ1) is 29.3. The van der Waals surface area contributed by atoms with Gasteiger partial charge in [0, 0.05) is 19.3 Å². The van der Waals surface area contributed by atoms with E-state index >= 15 is 0 Å². The van der Waals surface area contributed by atoms with Crippen molar-refractivity contribution in [3.05, 3.63) is 0 Å². The highest BCUT2D eigenvalue weighted by Gasteiger charge is 2.19. The molecule has 0 fully saturated rings. The lowest BCUT2D eigenvalue weighted by atomic mass is 9.99. The van der Waals surface area contributed by atoms with Crippen molar-refractivity contribution in [2.24, 2.45) is 11.8 Å². The quantitative estimate of drug-likeness (QED) is 0.0345. The number of ether oxygens (including phenoxy) is 3. The highest BCUT2D eigenvalue weighted by atomic mass is 16.6. The van der Waals surface area contributed by atoms with Crippen LogP contribution in [0.25, 0.3) is 0 Å². The van der Waals surface area contributed by atoms with Crippen molar-refractivity contribution < 1.29 is 28.6 Å². The molecule has 0 saturated carbocycles. The summed E-state index contributed by atoms with van der Waals surface area (Å²) in [5, 5.41) is 0. The molecule has 0 amide bonds. The molecule has 0 rings (SSSR count). The number of carbonyl (C=O) groups excluding carboxylic acids is 3. The maximum absolute atomic E-state index is 12.8. The number of unbranched alkanes of at least 4 members (excludes halogenated alkanes) is 32. The van der Waals surface area contributed by atoms with Crippen molar-refractivity contribution in [2.45, 2.75) is 304 Å². The second kappa shape index (κ2) is 46.9. The van der Waals surface area contributed by atoms with Gasteiger partial charge in [-0.2, -0.15) is 0 Å².